The average molecular weight is 260 g/mol. The van der Waals surface area contributed by atoms with E-state index < -0.39 is 0 Å². The van der Waals surface area contributed by atoms with E-state index in [1.54, 1.807) is 12.1 Å². The molecule has 1 aromatic rings. The normalized spacial score (nSPS) is 25.0. The minimum absolute atomic E-state index is 0.221. The zero-order valence-electron chi connectivity index (χ0n) is 9.39. The Morgan fingerprint density at radius 2 is 2.25 bits per heavy atom. The smallest absolute Gasteiger partial charge is 0.142 e. The molecule has 0 bridgehead atoms. The molecule has 16 heavy (non-hydrogen) atoms. The molecule has 2 atom stereocenters. The van der Waals surface area contributed by atoms with Gasteiger partial charge in [0.15, 0.2) is 0 Å². The third-order valence-electron chi connectivity index (χ3n) is 3.00. The lowest BCUT2D eigenvalue weighted by atomic mass is 9.98. The molecule has 2 rings (SSSR count). The maximum Gasteiger partial charge on any atom is 0.142 e. The quantitative estimate of drug-likeness (QED) is 0.824. The van der Waals surface area contributed by atoms with Crippen molar-refractivity contribution >= 4 is 23.4 Å². The Hall–Kier alpha value is -0.250. The molecule has 0 fully saturated rings. The van der Waals surface area contributed by atoms with E-state index in [9.17, 15) is 4.39 Å². The molecular formula is C12H15ClFNS. The summed E-state index contributed by atoms with van der Waals surface area (Å²) in [6.45, 7) is 2.21. The van der Waals surface area contributed by atoms with Crippen molar-refractivity contribution in [1.82, 2.24) is 5.32 Å². The van der Waals surface area contributed by atoms with Crippen molar-refractivity contribution < 1.29 is 4.39 Å². The summed E-state index contributed by atoms with van der Waals surface area (Å²) in [5.74, 6) is 0.549. The van der Waals surface area contributed by atoms with Crippen LogP contribution in [0.25, 0.3) is 0 Å². The summed E-state index contributed by atoms with van der Waals surface area (Å²) in [6, 6.07) is 3.62. The molecule has 0 radical (unpaired) electrons. The van der Waals surface area contributed by atoms with Crippen molar-refractivity contribution in [3.63, 3.8) is 0 Å². The van der Waals surface area contributed by atoms with Crippen LogP contribution in [0.15, 0.2) is 12.1 Å². The zero-order valence-corrected chi connectivity index (χ0v) is 11.0. The Kier molecular flexibility index (Phi) is 3.77. The minimum atomic E-state index is -0.314. The second-order valence-corrected chi connectivity index (χ2v) is 6.00. The Balaban J connectivity index is 2.45. The van der Waals surface area contributed by atoms with Gasteiger partial charge in [-0.2, -0.15) is 11.8 Å². The molecular weight excluding hydrogens is 245 g/mol. The Morgan fingerprint density at radius 3 is 2.94 bits per heavy atom. The highest BCUT2D eigenvalue weighted by atomic mass is 35.5. The highest BCUT2D eigenvalue weighted by molar-refractivity contribution is 7.99. The van der Waals surface area contributed by atoms with Gasteiger partial charge in [-0.3, -0.25) is 0 Å². The van der Waals surface area contributed by atoms with Gasteiger partial charge in [0.2, 0.25) is 0 Å². The summed E-state index contributed by atoms with van der Waals surface area (Å²) in [7, 11) is 1.94. The fourth-order valence-corrected chi connectivity index (χ4v) is 3.30. The van der Waals surface area contributed by atoms with E-state index in [4.69, 9.17) is 11.6 Å². The van der Waals surface area contributed by atoms with Crippen molar-refractivity contribution in [1.29, 1.82) is 0 Å². The van der Waals surface area contributed by atoms with Crippen LogP contribution in [0.1, 0.15) is 30.5 Å². The van der Waals surface area contributed by atoms with Crippen molar-refractivity contribution in [3.8, 4) is 0 Å². The molecule has 0 spiro atoms. The largest absolute Gasteiger partial charge is 0.313 e. The summed E-state index contributed by atoms with van der Waals surface area (Å²) in [6.07, 6.45) is 1.05. The van der Waals surface area contributed by atoms with Gasteiger partial charge in [-0.1, -0.05) is 18.5 Å². The molecule has 1 N–H and O–H groups in total. The number of rotatable bonds is 1. The molecule has 0 saturated heterocycles. The van der Waals surface area contributed by atoms with E-state index in [1.165, 1.54) is 0 Å². The molecule has 4 heteroatoms. The molecule has 0 aromatic heterocycles. The molecule has 1 aromatic carbocycles. The van der Waals surface area contributed by atoms with Crippen LogP contribution in [0.4, 0.5) is 4.39 Å². The van der Waals surface area contributed by atoms with Gasteiger partial charge in [0, 0.05) is 17.0 Å². The second-order valence-electron chi connectivity index (χ2n) is 4.16. The van der Waals surface area contributed by atoms with Crippen molar-refractivity contribution in [3.05, 3.63) is 34.1 Å². The predicted octanol–water partition coefficient (Wildman–Crippen LogP) is 3.77. The first kappa shape index (κ1) is 12.2. The van der Waals surface area contributed by atoms with Gasteiger partial charge in [-0.15, -0.1) is 0 Å². The highest BCUT2D eigenvalue weighted by Gasteiger charge is 2.22. The Labute approximate surface area is 105 Å². The van der Waals surface area contributed by atoms with Gasteiger partial charge in [0.05, 0.1) is 5.02 Å². The third-order valence-corrected chi connectivity index (χ3v) is 4.53. The van der Waals surface area contributed by atoms with Gasteiger partial charge in [0.25, 0.3) is 0 Å². The fourth-order valence-electron chi connectivity index (χ4n) is 2.09. The van der Waals surface area contributed by atoms with Gasteiger partial charge >= 0.3 is 0 Å². The zero-order chi connectivity index (χ0) is 11.7. The van der Waals surface area contributed by atoms with Crippen molar-refractivity contribution in [2.75, 3.05) is 7.05 Å². The number of halogens is 2. The standard InChI is InChI=1S/C12H15ClFNS/c1-7-3-12(15-2)9-5-10(13)11(14)4-8(9)6-16-7/h4-5,7,12,15H,3,6H2,1-2H3. The molecule has 1 nitrogen and oxygen atoms in total. The highest BCUT2D eigenvalue weighted by Crippen LogP contribution is 2.36. The first-order valence-electron chi connectivity index (χ1n) is 5.38. The lowest BCUT2D eigenvalue weighted by Crippen LogP contribution is -2.19. The van der Waals surface area contributed by atoms with Crippen LogP contribution in [-0.4, -0.2) is 12.3 Å². The SMILES string of the molecule is CNC1CC(C)SCc2cc(F)c(Cl)cc21. The molecule has 2 unspecified atom stereocenters. The van der Waals surface area contributed by atoms with Crippen molar-refractivity contribution in [2.45, 2.75) is 30.4 Å². The summed E-state index contributed by atoms with van der Waals surface area (Å²) in [5, 5.41) is 4.08. The molecule has 0 aliphatic carbocycles. The van der Waals surface area contributed by atoms with Crippen LogP contribution in [0.3, 0.4) is 0 Å². The monoisotopic (exact) mass is 259 g/mol. The molecule has 0 saturated carbocycles. The Bertz CT molecular complexity index is 397. The van der Waals surface area contributed by atoms with Crippen LogP contribution >= 0.6 is 23.4 Å². The number of hydrogen-bond donors (Lipinski definition) is 1. The molecule has 1 heterocycles. The molecule has 0 amide bonds. The maximum atomic E-state index is 13.4. The van der Waals surface area contributed by atoms with E-state index in [0.717, 1.165) is 23.3 Å². The third kappa shape index (κ3) is 2.36. The van der Waals surface area contributed by atoms with Gasteiger partial charge in [-0.25, -0.2) is 4.39 Å². The summed E-state index contributed by atoms with van der Waals surface area (Å²) < 4.78 is 13.4. The van der Waals surface area contributed by atoms with E-state index in [0.29, 0.717) is 5.25 Å². The second kappa shape index (κ2) is 4.94. The average Bonchev–Trinajstić information content (AvgIpc) is 2.40. The summed E-state index contributed by atoms with van der Waals surface area (Å²) in [5.41, 5.74) is 2.21. The predicted molar refractivity (Wildman–Crippen MR) is 68.6 cm³/mol. The van der Waals surface area contributed by atoms with Crippen LogP contribution in [0.5, 0.6) is 0 Å². The molecule has 1 aliphatic rings. The molecule has 1 aliphatic heterocycles. The van der Waals surface area contributed by atoms with Gasteiger partial charge < -0.3 is 5.32 Å². The topological polar surface area (TPSA) is 12.0 Å². The number of fused-ring (bicyclic) bond motifs is 1. The van der Waals surface area contributed by atoms with E-state index in [1.807, 2.05) is 18.8 Å². The lowest BCUT2D eigenvalue weighted by Gasteiger charge is -2.18. The molecule has 88 valence electrons. The van der Waals surface area contributed by atoms with E-state index >= 15 is 0 Å². The van der Waals surface area contributed by atoms with Crippen molar-refractivity contribution in [2.24, 2.45) is 0 Å². The maximum absolute atomic E-state index is 13.4. The number of benzene rings is 1. The number of nitrogens with one attached hydrogen (secondary N) is 1. The summed E-state index contributed by atoms with van der Waals surface area (Å²) >= 11 is 7.71. The number of thioether (sulfide) groups is 1. The fraction of sp³-hybridized carbons (Fsp3) is 0.500. The van der Waals surface area contributed by atoms with Crippen LogP contribution in [0.2, 0.25) is 5.02 Å². The Morgan fingerprint density at radius 1 is 1.50 bits per heavy atom. The van der Waals surface area contributed by atoms with Crippen LogP contribution in [0, 0.1) is 5.82 Å². The first-order chi connectivity index (χ1) is 7.61. The number of hydrogen-bond acceptors (Lipinski definition) is 2. The van der Waals surface area contributed by atoms with E-state index in [2.05, 4.69) is 12.2 Å². The van der Waals surface area contributed by atoms with Gasteiger partial charge in [-0.05, 0) is 36.7 Å². The first-order valence-corrected chi connectivity index (χ1v) is 6.81. The minimum Gasteiger partial charge on any atom is -0.313 e. The van der Waals surface area contributed by atoms with Crippen LogP contribution in [-0.2, 0) is 5.75 Å². The van der Waals surface area contributed by atoms with Crippen LogP contribution < -0.4 is 5.32 Å². The van der Waals surface area contributed by atoms with E-state index in [-0.39, 0.29) is 16.9 Å². The summed E-state index contributed by atoms with van der Waals surface area (Å²) in [4.78, 5) is 0. The van der Waals surface area contributed by atoms with Gasteiger partial charge in [0.1, 0.15) is 5.82 Å². The lowest BCUT2D eigenvalue weighted by molar-refractivity contribution is 0.547.